The Morgan fingerprint density at radius 3 is 2.85 bits per heavy atom. The fourth-order valence-electron chi connectivity index (χ4n) is 2.22. The minimum absolute atomic E-state index is 0.119. The quantitative estimate of drug-likeness (QED) is 0.757. The van der Waals surface area contributed by atoms with Crippen molar-refractivity contribution in [1.29, 1.82) is 0 Å². The maximum absolute atomic E-state index is 11.4. The molecule has 1 aliphatic heterocycles. The summed E-state index contributed by atoms with van der Waals surface area (Å²) in [6.07, 6.45) is -0.539. The van der Waals surface area contributed by atoms with Crippen molar-refractivity contribution < 1.29 is 18.3 Å². The van der Waals surface area contributed by atoms with E-state index in [0.29, 0.717) is 5.75 Å². The predicted octanol–water partition coefficient (Wildman–Crippen LogP) is 0.723. The van der Waals surface area contributed by atoms with E-state index in [1.807, 2.05) is 18.2 Å². The molecule has 6 heteroatoms. The molecule has 1 saturated heterocycles. The molecule has 5 nitrogen and oxygen atoms in total. The third-order valence-corrected chi connectivity index (χ3v) is 4.90. The molecule has 112 valence electrons. The average molecular weight is 299 g/mol. The standard InChI is InChI=1S/C14H21NO4S/c1-2-6-15-8-11-4-3-5-12(7-11)19-14-10-20(17,18)9-13(14)16/h3-5,7,13-16H,2,6,8-10H2,1H3. The van der Waals surface area contributed by atoms with E-state index in [4.69, 9.17) is 4.74 Å². The van der Waals surface area contributed by atoms with Crippen LogP contribution in [0.1, 0.15) is 18.9 Å². The lowest BCUT2D eigenvalue weighted by atomic mass is 10.2. The molecule has 0 radical (unpaired) electrons. The summed E-state index contributed by atoms with van der Waals surface area (Å²) in [6.45, 7) is 3.80. The van der Waals surface area contributed by atoms with Crippen LogP contribution >= 0.6 is 0 Å². The molecule has 0 amide bonds. The number of ether oxygens (including phenoxy) is 1. The monoisotopic (exact) mass is 299 g/mol. The molecule has 0 bridgehead atoms. The van der Waals surface area contributed by atoms with Crippen LogP contribution in [0.4, 0.5) is 0 Å². The Balaban J connectivity index is 1.98. The average Bonchev–Trinajstić information content (AvgIpc) is 2.63. The molecule has 2 rings (SSSR count). The molecule has 20 heavy (non-hydrogen) atoms. The normalized spacial score (nSPS) is 24.7. The van der Waals surface area contributed by atoms with Crippen LogP contribution in [0.3, 0.4) is 0 Å². The predicted molar refractivity (Wildman–Crippen MR) is 77.5 cm³/mol. The van der Waals surface area contributed by atoms with Crippen LogP contribution in [0.15, 0.2) is 24.3 Å². The number of aliphatic hydroxyl groups is 1. The van der Waals surface area contributed by atoms with Crippen molar-refractivity contribution in [2.75, 3.05) is 18.1 Å². The highest BCUT2D eigenvalue weighted by Crippen LogP contribution is 2.21. The SMILES string of the molecule is CCCNCc1cccc(OC2CS(=O)(=O)CC2O)c1. The van der Waals surface area contributed by atoms with Gasteiger partial charge in [-0.05, 0) is 30.7 Å². The van der Waals surface area contributed by atoms with Gasteiger partial charge in [-0.25, -0.2) is 8.42 Å². The number of hydrogen-bond donors (Lipinski definition) is 2. The summed E-state index contributed by atoms with van der Waals surface area (Å²) >= 11 is 0. The lowest BCUT2D eigenvalue weighted by Crippen LogP contribution is -2.29. The Morgan fingerprint density at radius 1 is 1.40 bits per heavy atom. The first-order valence-electron chi connectivity index (χ1n) is 6.85. The van der Waals surface area contributed by atoms with Crippen molar-refractivity contribution in [2.24, 2.45) is 0 Å². The van der Waals surface area contributed by atoms with E-state index < -0.39 is 22.0 Å². The fourth-order valence-corrected chi connectivity index (χ4v) is 3.88. The first kappa shape index (κ1) is 15.3. The van der Waals surface area contributed by atoms with Crippen molar-refractivity contribution in [1.82, 2.24) is 5.32 Å². The Kier molecular flexibility index (Phi) is 5.01. The summed E-state index contributed by atoms with van der Waals surface area (Å²) in [5.41, 5.74) is 1.08. The summed E-state index contributed by atoms with van der Waals surface area (Å²) in [4.78, 5) is 0. The van der Waals surface area contributed by atoms with Gasteiger partial charge in [0.25, 0.3) is 0 Å². The Hall–Kier alpha value is -1.11. The van der Waals surface area contributed by atoms with Crippen molar-refractivity contribution >= 4 is 9.84 Å². The van der Waals surface area contributed by atoms with Crippen molar-refractivity contribution in [2.45, 2.75) is 32.1 Å². The molecule has 0 saturated carbocycles. The van der Waals surface area contributed by atoms with Gasteiger partial charge in [0.05, 0.1) is 11.5 Å². The van der Waals surface area contributed by atoms with Crippen LogP contribution < -0.4 is 10.1 Å². The van der Waals surface area contributed by atoms with E-state index in [9.17, 15) is 13.5 Å². The van der Waals surface area contributed by atoms with Crippen LogP contribution in [-0.2, 0) is 16.4 Å². The second kappa shape index (κ2) is 6.56. The molecule has 0 aliphatic carbocycles. The molecule has 2 unspecified atom stereocenters. The molecule has 1 heterocycles. The van der Waals surface area contributed by atoms with Gasteiger partial charge in [0.15, 0.2) is 9.84 Å². The van der Waals surface area contributed by atoms with Crippen LogP contribution in [0.25, 0.3) is 0 Å². The van der Waals surface area contributed by atoms with Crippen LogP contribution in [0, 0.1) is 0 Å². The van der Waals surface area contributed by atoms with Crippen molar-refractivity contribution in [3.8, 4) is 5.75 Å². The first-order chi connectivity index (χ1) is 9.50. The van der Waals surface area contributed by atoms with Crippen molar-refractivity contribution in [3.63, 3.8) is 0 Å². The number of nitrogens with one attached hydrogen (secondary N) is 1. The highest BCUT2D eigenvalue weighted by atomic mass is 32.2. The number of sulfone groups is 1. The molecule has 0 aromatic heterocycles. The molecule has 1 aromatic carbocycles. The second-order valence-corrected chi connectivity index (χ2v) is 7.28. The van der Waals surface area contributed by atoms with E-state index >= 15 is 0 Å². The van der Waals surface area contributed by atoms with E-state index in [2.05, 4.69) is 12.2 Å². The molecule has 1 aliphatic rings. The Morgan fingerprint density at radius 2 is 2.20 bits per heavy atom. The van der Waals surface area contributed by atoms with Crippen LogP contribution in [0.5, 0.6) is 5.75 Å². The summed E-state index contributed by atoms with van der Waals surface area (Å²) in [7, 11) is -3.18. The summed E-state index contributed by atoms with van der Waals surface area (Å²) in [5, 5.41) is 13.0. The van der Waals surface area contributed by atoms with Gasteiger partial charge < -0.3 is 15.2 Å². The van der Waals surface area contributed by atoms with Gasteiger partial charge in [0.1, 0.15) is 18.0 Å². The van der Waals surface area contributed by atoms with Gasteiger partial charge in [0, 0.05) is 6.54 Å². The van der Waals surface area contributed by atoms with Crippen LogP contribution in [-0.4, -0.2) is 43.8 Å². The minimum Gasteiger partial charge on any atom is -0.487 e. The number of rotatable bonds is 6. The molecule has 2 N–H and O–H groups in total. The number of hydrogen-bond acceptors (Lipinski definition) is 5. The zero-order valence-electron chi connectivity index (χ0n) is 11.6. The summed E-state index contributed by atoms with van der Waals surface area (Å²) < 4.78 is 28.5. The molecular formula is C14H21NO4S. The molecule has 0 spiro atoms. The first-order valence-corrected chi connectivity index (χ1v) is 8.67. The van der Waals surface area contributed by atoms with E-state index in [-0.39, 0.29) is 11.5 Å². The highest BCUT2D eigenvalue weighted by Gasteiger charge is 2.38. The maximum atomic E-state index is 11.4. The molecule has 1 fully saturated rings. The topological polar surface area (TPSA) is 75.6 Å². The lowest BCUT2D eigenvalue weighted by Gasteiger charge is -2.16. The summed E-state index contributed by atoms with van der Waals surface area (Å²) in [6, 6.07) is 7.51. The molecule has 1 aromatic rings. The van der Waals surface area contributed by atoms with Gasteiger partial charge >= 0.3 is 0 Å². The van der Waals surface area contributed by atoms with Crippen LogP contribution in [0.2, 0.25) is 0 Å². The zero-order chi connectivity index (χ0) is 14.6. The largest absolute Gasteiger partial charge is 0.487 e. The Bertz CT molecular complexity index is 544. The van der Waals surface area contributed by atoms with Gasteiger partial charge in [-0.1, -0.05) is 19.1 Å². The smallest absolute Gasteiger partial charge is 0.156 e. The van der Waals surface area contributed by atoms with Gasteiger partial charge in [-0.2, -0.15) is 0 Å². The number of benzene rings is 1. The second-order valence-electron chi connectivity index (χ2n) is 5.12. The lowest BCUT2D eigenvalue weighted by molar-refractivity contribution is 0.0737. The molecule has 2 atom stereocenters. The number of aliphatic hydroxyl groups excluding tert-OH is 1. The van der Waals surface area contributed by atoms with Gasteiger partial charge in [-0.15, -0.1) is 0 Å². The fraction of sp³-hybridized carbons (Fsp3) is 0.571. The van der Waals surface area contributed by atoms with Crippen molar-refractivity contribution in [3.05, 3.63) is 29.8 Å². The maximum Gasteiger partial charge on any atom is 0.156 e. The highest BCUT2D eigenvalue weighted by molar-refractivity contribution is 7.91. The van der Waals surface area contributed by atoms with E-state index in [1.54, 1.807) is 6.07 Å². The molecular weight excluding hydrogens is 278 g/mol. The zero-order valence-corrected chi connectivity index (χ0v) is 12.4. The minimum atomic E-state index is -3.18. The third kappa shape index (κ3) is 4.19. The van der Waals surface area contributed by atoms with Gasteiger partial charge in [0.2, 0.25) is 0 Å². The third-order valence-electron chi connectivity index (χ3n) is 3.21. The van der Waals surface area contributed by atoms with E-state index in [1.165, 1.54) is 0 Å². The summed E-state index contributed by atoms with van der Waals surface area (Å²) in [5.74, 6) is 0.268. The van der Waals surface area contributed by atoms with E-state index in [0.717, 1.165) is 25.1 Å². The van der Waals surface area contributed by atoms with Gasteiger partial charge in [-0.3, -0.25) is 0 Å². The Labute approximate surface area is 119 Å².